The molecule has 0 aliphatic carbocycles. The largest absolute Gasteiger partial charge is 0.383 e. The van der Waals surface area contributed by atoms with Crippen LogP contribution in [0.4, 0.5) is 5.82 Å². The number of rotatable bonds is 4. The minimum atomic E-state index is 0.0441. The molecule has 0 aliphatic heterocycles. The second kappa shape index (κ2) is 5.71. The number of nitrogens with two attached hydrogens (primary N) is 1. The highest BCUT2D eigenvalue weighted by atomic mass is 16.1. The maximum Gasteiger partial charge on any atom is 0.221 e. The molecule has 6 nitrogen and oxygen atoms in total. The molecule has 0 saturated heterocycles. The van der Waals surface area contributed by atoms with E-state index in [9.17, 15) is 4.79 Å². The Morgan fingerprint density at radius 1 is 1.29 bits per heavy atom. The van der Waals surface area contributed by atoms with Gasteiger partial charge in [-0.1, -0.05) is 0 Å². The fraction of sp³-hybridized carbons (Fsp3) is 0.533. The average molecular weight is 289 g/mol. The Morgan fingerprint density at radius 3 is 2.57 bits per heavy atom. The highest BCUT2D eigenvalue weighted by Gasteiger charge is 2.16. The van der Waals surface area contributed by atoms with Gasteiger partial charge in [0, 0.05) is 24.7 Å². The number of amides is 1. The van der Waals surface area contributed by atoms with Crippen molar-refractivity contribution in [2.75, 3.05) is 5.73 Å². The van der Waals surface area contributed by atoms with E-state index in [0.29, 0.717) is 24.6 Å². The molecule has 0 spiro atoms. The third-order valence-electron chi connectivity index (χ3n) is 3.62. The Balaban J connectivity index is 2.36. The lowest BCUT2D eigenvalue weighted by Gasteiger charge is -2.10. The molecule has 0 atom stereocenters. The predicted molar refractivity (Wildman–Crippen MR) is 84.0 cm³/mol. The van der Waals surface area contributed by atoms with E-state index in [0.717, 1.165) is 22.3 Å². The summed E-state index contributed by atoms with van der Waals surface area (Å²) in [5.74, 6) is 1.19. The van der Waals surface area contributed by atoms with Gasteiger partial charge < -0.3 is 15.6 Å². The smallest absolute Gasteiger partial charge is 0.221 e. The molecule has 3 N–H and O–H groups in total. The number of aromatic nitrogens is 3. The van der Waals surface area contributed by atoms with Crippen LogP contribution in [0.25, 0.3) is 11.0 Å². The van der Waals surface area contributed by atoms with Crippen molar-refractivity contribution in [3.8, 4) is 0 Å². The fourth-order valence-corrected chi connectivity index (χ4v) is 2.56. The van der Waals surface area contributed by atoms with Crippen LogP contribution < -0.4 is 11.1 Å². The van der Waals surface area contributed by atoms with Crippen LogP contribution in [-0.2, 0) is 11.3 Å². The number of aryl methyl sites for hydroxylation is 3. The second-order valence-electron chi connectivity index (χ2n) is 5.69. The highest BCUT2D eigenvalue weighted by molar-refractivity contribution is 5.91. The number of anilines is 1. The summed E-state index contributed by atoms with van der Waals surface area (Å²) in [4.78, 5) is 20.6. The lowest BCUT2D eigenvalue weighted by Crippen LogP contribution is -2.30. The van der Waals surface area contributed by atoms with Gasteiger partial charge >= 0.3 is 0 Å². The summed E-state index contributed by atoms with van der Waals surface area (Å²) >= 11 is 0. The van der Waals surface area contributed by atoms with Gasteiger partial charge in [-0.05, 0) is 40.2 Å². The van der Waals surface area contributed by atoms with Crippen LogP contribution in [0.15, 0.2) is 0 Å². The Hall–Kier alpha value is -2.11. The summed E-state index contributed by atoms with van der Waals surface area (Å²) in [6.07, 6.45) is 0.422. The molecule has 0 unspecified atom stereocenters. The van der Waals surface area contributed by atoms with E-state index >= 15 is 0 Å². The van der Waals surface area contributed by atoms with Crippen molar-refractivity contribution in [1.82, 2.24) is 19.9 Å². The van der Waals surface area contributed by atoms with Crippen molar-refractivity contribution >= 4 is 22.8 Å². The molecule has 6 heteroatoms. The zero-order valence-corrected chi connectivity index (χ0v) is 13.3. The van der Waals surface area contributed by atoms with E-state index in [4.69, 9.17) is 5.73 Å². The van der Waals surface area contributed by atoms with Gasteiger partial charge in [0.2, 0.25) is 5.91 Å². The summed E-state index contributed by atoms with van der Waals surface area (Å²) in [6.45, 7) is 10.3. The lowest BCUT2D eigenvalue weighted by atomic mass is 10.2. The summed E-state index contributed by atoms with van der Waals surface area (Å²) in [6, 6.07) is 0.155. The van der Waals surface area contributed by atoms with Crippen LogP contribution in [0, 0.1) is 20.8 Å². The van der Waals surface area contributed by atoms with E-state index < -0.39 is 0 Å². The lowest BCUT2D eigenvalue weighted by molar-refractivity contribution is -0.121. The van der Waals surface area contributed by atoms with E-state index in [2.05, 4.69) is 19.9 Å². The van der Waals surface area contributed by atoms with Crippen LogP contribution in [0.5, 0.6) is 0 Å². The zero-order chi connectivity index (χ0) is 15.7. The molecule has 0 saturated carbocycles. The summed E-state index contributed by atoms with van der Waals surface area (Å²) in [7, 11) is 0. The Kier molecular flexibility index (Phi) is 4.16. The van der Waals surface area contributed by atoms with E-state index in [1.54, 1.807) is 0 Å². The van der Waals surface area contributed by atoms with Gasteiger partial charge in [-0.15, -0.1) is 0 Å². The molecule has 2 aromatic heterocycles. The number of fused-ring (bicyclic) bond motifs is 1. The van der Waals surface area contributed by atoms with Crippen LogP contribution in [0.2, 0.25) is 0 Å². The molecule has 0 aromatic carbocycles. The zero-order valence-electron chi connectivity index (χ0n) is 13.3. The molecule has 0 aliphatic rings. The number of carbonyl (C=O) groups excluding carboxylic acids is 1. The first-order valence-corrected chi connectivity index (χ1v) is 7.20. The molecule has 0 radical (unpaired) electrons. The first-order chi connectivity index (χ1) is 9.81. The monoisotopic (exact) mass is 289 g/mol. The van der Waals surface area contributed by atoms with Crippen LogP contribution in [0.1, 0.15) is 37.4 Å². The van der Waals surface area contributed by atoms with Crippen molar-refractivity contribution in [1.29, 1.82) is 0 Å². The van der Waals surface area contributed by atoms with Gasteiger partial charge in [-0.2, -0.15) is 0 Å². The fourth-order valence-electron chi connectivity index (χ4n) is 2.56. The highest BCUT2D eigenvalue weighted by Crippen LogP contribution is 2.27. The Morgan fingerprint density at radius 2 is 1.95 bits per heavy atom. The van der Waals surface area contributed by atoms with E-state index in [1.807, 2.05) is 34.6 Å². The molecule has 0 bridgehead atoms. The number of nitrogen functional groups attached to an aromatic ring is 1. The molecule has 21 heavy (non-hydrogen) atoms. The van der Waals surface area contributed by atoms with Crippen LogP contribution in [0.3, 0.4) is 0 Å². The molecule has 0 fully saturated rings. The van der Waals surface area contributed by atoms with Gasteiger partial charge in [-0.3, -0.25) is 4.79 Å². The quantitative estimate of drug-likeness (QED) is 0.899. The first-order valence-electron chi connectivity index (χ1n) is 7.20. The SMILES string of the molecule is Cc1nc(N)c2c(C)c(C)n(CCC(=O)NC(C)C)c2n1. The molecule has 2 heterocycles. The van der Waals surface area contributed by atoms with Crippen molar-refractivity contribution in [3.05, 3.63) is 17.1 Å². The molecule has 1 amide bonds. The number of nitrogens with one attached hydrogen (secondary N) is 1. The van der Waals surface area contributed by atoms with Crippen molar-refractivity contribution < 1.29 is 4.79 Å². The second-order valence-corrected chi connectivity index (χ2v) is 5.69. The maximum absolute atomic E-state index is 11.8. The predicted octanol–water partition coefficient (Wildman–Crippen LogP) is 1.85. The van der Waals surface area contributed by atoms with E-state index in [-0.39, 0.29) is 11.9 Å². The van der Waals surface area contributed by atoms with Crippen LogP contribution in [-0.4, -0.2) is 26.5 Å². The molecule has 114 valence electrons. The minimum absolute atomic E-state index is 0.0441. The normalized spacial score (nSPS) is 11.3. The number of carbonyl (C=O) groups is 1. The van der Waals surface area contributed by atoms with Gasteiger partial charge in [-0.25, -0.2) is 9.97 Å². The summed E-state index contributed by atoms with van der Waals surface area (Å²) < 4.78 is 2.05. The maximum atomic E-state index is 11.8. The van der Waals surface area contributed by atoms with Crippen molar-refractivity contribution in [2.45, 2.75) is 53.6 Å². The Labute approximate surface area is 124 Å². The Bertz CT molecular complexity index is 687. The van der Waals surface area contributed by atoms with Crippen molar-refractivity contribution in [2.24, 2.45) is 0 Å². The molecular formula is C15H23N5O. The summed E-state index contributed by atoms with van der Waals surface area (Å²) in [5, 5.41) is 3.79. The minimum Gasteiger partial charge on any atom is -0.383 e. The molecule has 2 aromatic rings. The molecular weight excluding hydrogens is 266 g/mol. The number of hydrogen-bond donors (Lipinski definition) is 2. The van der Waals surface area contributed by atoms with Crippen LogP contribution >= 0.6 is 0 Å². The topological polar surface area (TPSA) is 85.8 Å². The number of hydrogen-bond acceptors (Lipinski definition) is 4. The van der Waals surface area contributed by atoms with Gasteiger partial charge in [0.15, 0.2) is 0 Å². The third-order valence-corrected chi connectivity index (χ3v) is 3.62. The van der Waals surface area contributed by atoms with Gasteiger partial charge in [0.25, 0.3) is 0 Å². The summed E-state index contributed by atoms with van der Waals surface area (Å²) in [5.41, 5.74) is 8.98. The van der Waals surface area contributed by atoms with Gasteiger partial charge in [0.05, 0.1) is 5.39 Å². The molecule has 2 rings (SSSR count). The van der Waals surface area contributed by atoms with Gasteiger partial charge in [0.1, 0.15) is 17.3 Å². The van der Waals surface area contributed by atoms with E-state index in [1.165, 1.54) is 0 Å². The first kappa shape index (κ1) is 15.3. The number of nitrogens with zero attached hydrogens (tertiary/aromatic N) is 3. The average Bonchev–Trinajstić information content (AvgIpc) is 2.58. The standard InChI is InChI=1S/C15H23N5O/c1-8(2)17-12(21)6-7-20-10(4)9(3)13-14(16)18-11(5)19-15(13)20/h8H,6-7H2,1-5H3,(H,17,21)(H2,16,18,19). The third kappa shape index (κ3) is 2.99. The van der Waals surface area contributed by atoms with Crippen molar-refractivity contribution in [3.63, 3.8) is 0 Å².